The monoisotopic (exact) mass is 291 g/mol. The third-order valence-electron chi connectivity index (χ3n) is 2.69. The zero-order chi connectivity index (χ0) is 13.4. The van der Waals surface area contributed by atoms with Gasteiger partial charge in [0.05, 0.1) is 23.3 Å². The molecule has 1 aromatic carbocycles. The van der Waals surface area contributed by atoms with Gasteiger partial charge in [-0.1, -0.05) is 35.3 Å². The number of benzene rings is 1. The third-order valence-corrected chi connectivity index (χ3v) is 3.52. The first-order valence-electron chi connectivity index (χ1n) is 5.88. The van der Waals surface area contributed by atoms with Gasteiger partial charge >= 0.3 is 0 Å². The fraction of sp³-hybridized carbons (Fsp3) is 0.538. The molecule has 0 saturated heterocycles. The molecule has 3 nitrogen and oxygen atoms in total. The van der Waals surface area contributed by atoms with Crippen molar-refractivity contribution in [3.8, 4) is 0 Å². The van der Waals surface area contributed by atoms with Crippen molar-refractivity contribution >= 4 is 23.2 Å². The lowest BCUT2D eigenvalue weighted by molar-refractivity contribution is 0.0661. The lowest BCUT2D eigenvalue weighted by Gasteiger charge is -2.18. The predicted octanol–water partition coefficient (Wildman–Crippen LogP) is 3.31. The van der Waals surface area contributed by atoms with Crippen molar-refractivity contribution in [3.05, 3.63) is 33.8 Å². The molecule has 0 aliphatic heterocycles. The molecule has 1 rings (SSSR count). The Bertz CT molecular complexity index is 361. The van der Waals surface area contributed by atoms with Crippen LogP contribution >= 0.6 is 23.2 Å². The molecule has 0 amide bonds. The van der Waals surface area contributed by atoms with Crippen LogP contribution in [0.5, 0.6) is 0 Å². The van der Waals surface area contributed by atoms with Gasteiger partial charge in [-0.15, -0.1) is 0 Å². The largest absolute Gasteiger partial charge is 0.382 e. The minimum absolute atomic E-state index is 0.138. The van der Waals surface area contributed by atoms with Gasteiger partial charge in [-0.05, 0) is 25.1 Å². The van der Waals surface area contributed by atoms with Crippen molar-refractivity contribution in [1.82, 2.24) is 5.32 Å². The predicted molar refractivity (Wildman–Crippen MR) is 75.6 cm³/mol. The summed E-state index contributed by atoms with van der Waals surface area (Å²) in [5.74, 6) is 0. The highest BCUT2D eigenvalue weighted by atomic mass is 35.5. The maximum Gasteiger partial charge on any atom is 0.0700 e. The molecule has 0 saturated carbocycles. The third kappa shape index (κ3) is 4.75. The maximum absolute atomic E-state index is 6.20. The minimum atomic E-state index is 0.138. The van der Waals surface area contributed by atoms with Gasteiger partial charge in [0.2, 0.25) is 0 Å². The molecule has 0 aromatic heterocycles. The van der Waals surface area contributed by atoms with Gasteiger partial charge in [0, 0.05) is 19.8 Å². The number of hydrogen-bond donors (Lipinski definition) is 1. The summed E-state index contributed by atoms with van der Waals surface area (Å²) in [5.41, 5.74) is 1.00. The molecular weight excluding hydrogens is 273 g/mol. The van der Waals surface area contributed by atoms with E-state index in [-0.39, 0.29) is 6.04 Å². The SMILES string of the molecule is CNC(CCOCCOC)c1cccc(Cl)c1Cl. The van der Waals surface area contributed by atoms with Crippen LogP contribution in [0.25, 0.3) is 0 Å². The normalized spacial score (nSPS) is 12.7. The minimum Gasteiger partial charge on any atom is -0.382 e. The smallest absolute Gasteiger partial charge is 0.0700 e. The number of nitrogens with one attached hydrogen (secondary N) is 1. The zero-order valence-corrected chi connectivity index (χ0v) is 12.2. The van der Waals surface area contributed by atoms with E-state index in [1.54, 1.807) is 13.2 Å². The van der Waals surface area contributed by atoms with E-state index in [0.717, 1.165) is 12.0 Å². The topological polar surface area (TPSA) is 30.5 Å². The van der Waals surface area contributed by atoms with Crippen molar-refractivity contribution in [2.75, 3.05) is 34.0 Å². The van der Waals surface area contributed by atoms with Crippen LogP contribution in [0, 0.1) is 0 Å². The Morgan fingerprint density at radius 3 is 2.67 bits per heavy atom. The molecule has 1 unspecified atom stereocenters. The molecule has 0 fully saturated rings. The summed E-state index contributed by atoms with van der Waals surface area (Å²) in [6, 6.07) is 5.80. The molecule has 102 valence electrons. The Morgan fingerprint density at radius 2 is 2.00 bits per heavy atom. The number of hydrogen-bond acceptors (Lipinski definition) is 3. The Labute approximate surface area is 118 Å². The van der Waals surface area contributed by atoms with E-state index in [2.05, 4.69) is 5.32 Å². The van der Waals surface area contributed by atoms with Crippen molar-refractivity contribution < 1.29 is 9.47 Å². The first-order valence-corrected chi connectivity index (χ1v) is 6.64. The van der Waals surface area contributed by atoms with Gasteiger partial charge in [-0.25, -0.2) is 0 Å². The number of ether oxygens (including phenoxy) is 2. The molecule has 1 aromatic rings. The Balaban J connectivity index is 2.52. The van der Waals surface area contributed by atoms with Gasteiger partial charge in [0.1, 0.15) is 0 Å². The van der Waals surface area contributed by atoms with Crippen LogP contribution in [-0.4, -0.2) is 34.0 Å². The summed E-state index contributed by atoms with van der Waals surface area (Å²) in [6.45, 7) is 1.87. The summed E-state index contributed by atoms with van der Waals surface area (Å²) >= 11 is 12.2. The average Bonchev–Trinajstić information content (AvgIpc) is 2.38. The molecule has 0 bridgehead atoms. The standard InChI is InChI=1S/C13H19Cl2NO2/c1-16-12(6-7-18-9-8-17-2)10-4-3-5-11(14)13(10)15/h3-5,12,16H,6-9H2,1-2H3. The van der Waals surface area contributed by atoms with Gasteiger partial charge in [0.25, 0.3) is 0 Å². The summed E-state index contributed by atoms with van der Waals surface area (Å²) in [5, 5.41) is 4.41. The molecule has 0 spiro atoms. The van der Waals surface area contributed by atoms with Gasteiger partial charge in [-0.2, -0.15) is 0 Å². The fourth-order valence-electron chi connectivity index (χ4n) is 1.69. The van der Waals surface area contributed by atoms with Crippen LogP contribution in [0.3, 0.4) is 0 Å². The summed E-state index contributed by atoms with van der Waals surface area (Å²) in [6.07, 6.45) is 0.834. The highest BCUT2D eigenvalue weighted by Gasteiger charge is 2.14. The Kier molecular flexibility index (Phi) is 7.63. The number of methoxy groups -OCH3 is 1. The van der Waals surface area contributed by atoms with Crippen LogP contribution in [0.1, 0.15) is 18.0 Å². The van der Waals surface area contributed by atoms with Crippen molar-refractivity contribution in [2.45, 2.75) is 12.5 Å². The summed E-state index contributed by atoms with van der Waals surface area (Å²) in [7, 11) is 3.56. The summed E-state index contributed by atoms with van der Waals surface area (Å²) in [4.78, 5) is 0. The Hall–Kier alpha value is -0.320. The second kappa shape index (κ2) is 8.73. The lowest BCUT2D eigenvalue weighted by atomic mass is 10.0. The average molecular weight is 292 g/mol. The molecule has 0 heterocycles. The highest BCUT2D eigenvalue weighted by Crippen LogP contribution is 2.31. The molecule has 1 N–H and O–H groups in total. The molecule has 0 radical (unpaired) electrons. The fourth-order valence-corrected chi connectivity index (χ4v) is 2.13. The van der Waals surface area contributed by atoms with Crippen molar-refractivity contribution in [3.63, 3.8) is 0 Å². The highest BCUT2D eigenvalue weighted by molar-refractivity contribution is 6.42. The van der Waals surface area contributed by atoms with E-state index in [0.29, 0.717) is 29.9 Å². The molecule has 5 heteroatoms. The van der Waals surface area contributed by atoms with Gasteiger partial charge in [0.15, 0.2) is 0 Å². The van der Waals surface area contributed by atoms with Crippen LogP contribution in [0.4, 0.5) is 0 Å². The molecule has 0 aliphatic carbocycles. The van der Waals surface area contributed by atoms with E-state index >= 15 is 0 Å². The second-order valence-corrected chi connectivity index (χ2v) is 4.66. The second-order valence-electron chi connectivity index (χ2n) is 3.88. The molecule has 1 atom stereocenters. The molecule has 18 heavy (non-hydrogen) atoms. The van der Waals surface area contributed by atoms with E-state index < -0.39 is 0 Å². The van der Waals surface area contributed by atoms with E-state index in [4.69, 9.17) is 32.7 Å². The molecule has 0 aliphatic rings. The number of halogens is 2. The first-order chi connectivity index (χ1) is 8.70. The van der Waals surface area contributed by atoms with E-state index in [9.17, 15) is 0 Å². The van der Waals surface area contributed by atoms with E-state index in [1.807, 2.05) is 19.2 Å². The maximum atomic E-state index is 6.20. The number of rotatable bonds is 8. The van der Waals surface area contributed by atoms with Crippen LogP contribution < -0.4 is 5.32 Å². The zero-order valence-electron chi connectivity index (χ0n) is 10.7. The van der Waals surface area contributed by atoms with Gasteiger partial charge in [-0.3, -0.25) is 0 Å². The van der Waals surface area contributed by atoms with Crippen LogP contribution in [-0.2, 0) is 9.47 Å². The van der Waals surface area contributed by atoms with Crippen LogP contribution in [0.2, 0.25) is 10.0 Å². The first kappa shape index (κ1) is 15.7. The van der Waals surface area contributed by atoms with E-state index in [1.165, 1.54) is 0 Å². The quantitative estimate of drug-likeness (QED) is 0.746. The van der Waals surface area contributed by atoms with Crippen molar-refractivity contribution in [2.24, 2.45) is 0 Å². The molecular formula is C13H19Cl2NO2. The Morgan fingerprint density at radius 1 is 1.22 bits per heavy atom. The lowest BCUT2D eigenvalue weighted by Crippen LogP contribution is -2.19. The van der Waals surface area contributed by atoms with Gasteiger partial charge < -0.3 is 14.8 Å². The summed E-state index contributed by atoms with van der Waals surface area (Å²) < 4.78 is 10.4. The van der Waals surface area contributed by atoms with Crippen molar-refractivity contribution in [1.29, 1.82) is 0 Å². The van der Waals surface area contributed by atoms with Crippen LogP contribution in [0.15, 0.2) is 18.2 Å².